The minimum absolute atomic E-state index is 0.0333. The molecule has 0 spiro atoms. The van der Waals surface area contributed by atoms with Gasteiger partial charge in [0.2, 0.25) is 0 Å². The monoisotopic (exact) mass is 475 g/mol. The van der Waals surface area contributed by atoms with Crippen LogP contribution in [-0.4, -0.2) is 19.0 Å². The number of fused-ring (bicyclic) bond motifs is 1. The van der Waals surface area contributed by atoms with Gasteiger partial charge in [-0.3, -0.25) is 4.79 Å². The van der Waals surface area contributed by atoms with E-state index in [1.807, 2.05) is 91.0 Å². The number of rotatable bonds is 9. The lowest BCUT2D eigenvalue weighted by atomic mass is 10.0. The molecular weight excluding hydrogens is 446 g/mol. The third-order valence-electron chi connectivity index (χ3n) is 6.07. The molecule has 4 rings (SSSR count). The van der Waals surface area contributed by atoms with Gasteiger partial charge in [-0.1, -0.05) is 60.7 Å². The van der Waals surface area contributed by atoms with Crippen molar-refractivity contribution in [2.24, 2.45) is 0 Å². The molecule has 0 fully saturated rings. The maximum atomic E-state index is 12.9. The first-order chi connectivity index (χ1) is 17.6. The molecule has 4 aromatic rings. The minimum Gasteiger partial charge on any atom is -0.488 e. The molecule has 0 aromatic heterocycles. The average Bonchev–Trinajstić information content (AvgIpc) is 2.93. The molecule has 0 aliphatic rings. The minimum atomic E-state index is -0.443. The zero-order valence-corrected chi connectivity index (χ0v) is 20.6. The second-order valence-corrected chi connectivity index (χ2v) is 8.32. The molecule has 0 radical (unpaired) electrons. The normalized spacial score (nSPS) is 11.1. The number of anilines is 2. The van der Waals surface area contributed by atoms with Crippen LogP contribution in [0.25, 0.3) is 16.8 Å². The highest BCUT2D eigenvalue weighted by atomic mass is 16.5. The summed E-state index contributed by atoms with van der Waals surface area (Å²) in [4.78, 5) is 15.1. The highest BCUT2D eigenvalue weighted by molar-refractivity contribution is 6.11. The summed E-state index contributed by atoms with van der Waals surface area (Å²) in [5.74, 6) is 0.310. The van der Waals surface area contributed by atoms with E-state index in [4.69, 9.17) is 4.74 Å². The Labute approximate surface area is 212 Å². The molecule has 36 heavy (non-hydrogen) atoms. The van der Waals surface area contributed by atoms with Crippen molar-refractivity contribution in [3.63, 3.8) is 0 Å². The Morgan fingerprint density at radius 1 is 0.889 bits per heavy atom. The maximum absolute atomic E-state index is 12.9. The first-order valence-electron chi connectivity index (χ1n) is 12.1. The van der Waals surface area contributed by atoms with Crippen molar-refractivity contribution >= 4 is 34.1 Å². The van der Waals surface area contributed by atoms with E-state index in [1.165, 1.54) is 0 Å². The fourth-order valence-electron chi connectivity index (χ4n) is 4.13. The number of benzene rings is 4. The third kappa shape index (κ3) is 5.73. The first kappa shape index (κ1) is 24.6. The number of carbonyl (C=O) groups excluding carboxylic acids is 1. The van der Waals surface area contributed by atoms with Crippen molar-refractivity contribution in [1.82, 2.24) is 0 Å². The second kappa shape index (κ2) is 11.7. The number of ether oxygens (including phenoxy) is 1. The summed E-state index contributed by atoms with van der Waals surface area (Å²) in [6, 6.07) is 31.3. The Balaban J connectivity index is 1.55. The molecule has 0 saturated heterocycles. The van der Waals surface area contributed by atoms with E-state index in [-0.39, 0.29) is 5.57 Å². The first-order valence-corrected chi connectivity index (χ1v) is 12.1. The summed E-state index contributed by atoms with van der Waals surface area (Å²) in [6.07, 6.45) is 1.63. The number of carbonyl (C=O) groups is 1. The van der Waals surface area contributed by atoms with Crippen LogP contribution in [0.5, 0.6) is 5.75 Å². The molecule has 5 heteroatoms. The highest BCUT2D eigenvalue weighted by Crippen LogP contribution is 2.30. The topological polar surface area (TPSA) is 65.4 Å². The molecule has 5 nitrogen and oxygen atoms in total. The van der Waals surface area contributed by atoms with Gasteiger partial charge >= 0.3 is 0 Å². The van der Waals surface area contributed by atoms with E-state index >= 15 is 0 Å². The molecule has 180 valence electrons. The van der Waals surface area contributed by atoms with E-state index in [9.17, 15) is 10.1 Å². The van der Waals surface area contributed by atoms with E-state index in [1.54, 1.807) is 6.08 Å². The Bertz CT molecular complexity index is 1400. The van der Waals surface area contributed by atoms with Crippen molar-refractivity contribution < 1.29 is 9.53 Å². The number of nitrogens with zero attached hydrogens (tertiary/aromatic N) is 2. The van der Waals surface area contributed by atoms with Crippen LogP contribution < -0.4 is 15.0 Å². The summed E-state index contributed by atoms with van der Waals surface area (Å²) in [5, 5.41) is 14.4. The van der Waals surface area contributed by atoms with Gasteiger partial charge in [-0.15, -0.1) is 0 Å². The van der Waals surface area contributed by atoms with E-state index < -0.39 is 5.91 Å². The lowest BCUT2D eigenvalue weighted by Crippen LogP contribution is -2.21. The predicted octanol–water partition coefficient (Wildman–Crippen LogP) is 6.81. The van der Waals surface area contributed by atoms with Gasteiger partial charge in [-0.25, -0.2) is 0 Å². The standard InChI is InChI=1S/C31H29N3O2/c1-3-34(4-2)27-17-15-26(16-18-27)33-31(35)25(21-32)20-24-14-19-30(29-13-9-8-12-28(24)29)36-22-23-10-6-5-7-11-23/h5-20H,3-4,22H2,1-2H3,(H,33,35)/b25-20-. The van der Waals surface area contributed by atoms with Crippen LogP contribution in [0.4, 0.5) is 11.4 Å². The van der Waals surface area contributed by atoms with E-state index in [2.05, 4.69) is 30.1 Å². The average molecular weight is 476 g/mol. The molecule has 1 amide bonds. The van der Waals surface area contributed by atoms with Crippen LogP contribution in [0, 0.1) is 11.3 Å². The Kier molecular flexibility index (Phi) is 8.00. The van der Waals surface area contributed by atoms with Gasteiger partial charge in [0.05, 0.1) is 0 Å². The summed E-state index contributed by atoms with van der Waals surface area (Å²) in [7, 11) is 0. The number of amides is 1. The predicted molar refractivity (Wildman–Crippen MR) is 147 cm³/mol. The number of nitriles is 1. The van der Waals surface area contributed by atoms with Crippen LogP contribution in [0.3, 0.4) is 0 Å². The van der Waals surface area contributed by atoms with Gasteiger partial charge in [-0.05, 0) is 66.8 Å². The van der Waals surface area contributed by atoms with Crippen LogP contribution >= 0.6 is 0 Å². The molecule has 1 N–H and O–H groups in total. The third-order valence-corrected chi connectivity index (χ3v) is 6.07. The van der Waals surface area contributed by atoms with Gasteiger partial charge in [0, 0.05) is 29.9 Å². The number of hydrogen-bond acceptors (Lipinski definition) is 4. The Hall–Kier alpha value is -4.56. The lowest BCUT2D eigenvalue weighted by Gasteiger charge is -2.21. The largest absolute Gasteiger partial charge is 0.488 e. The summed E-state index contributed by atoms with van der Waals surface area (Å²) in [6.45, 7) is 6.49. The van der Waals surface area contributed by atoms with Crippen molar-refractivity contribution in [2.45, 2.75) is 20.5 Å². The smallest absolute Gasteiger partial charge is 0.266 e. The summed E-state index contributed by atoms with van der Waals surface area (Å²) >= 11 is 0. The van der Waals surface area contributed by atoms with E-state index in [0.717, 1.165) is 46.4 Å². The number of nitrogens with one attached hydrogen (secondary N) is 1. The molecule has 4 aromatic carbocycles. The SMILES string of the molecule is CCN(CC)c1ccc(NC(=O)/C(C#N)=C\c2ccc(OCc3ccccc3)c3ccccc23)cc1. The molecule has 0 heterocycles. The zero-order valence-electron chi connectivity index (χ0n) is 20.6. The fourth-order valence-corrected chi connectivity index (χ4v) is 4.13. The summed E-state index contributed by atoms with van der Waals surface area (Å²) in [5.41, 5.74) is 3.63. The Morgan fingerprint density at radius 3 is 2.22 bits per heavy atom. The molecule has 0 unspecified atom stereocenters. The van der Waals surface area contributed by atoms with Crippen LogP contribution in [0.1, 0.15) is 25.0 Å². The molecule has 0 atom stereocenters. The van der Waals surface area contributed by atoms with Crippen LogP contribution in [0.15, 0.2) is 96.6 Å². The van der Waals surface area contributed by atoms with Crippen molar-refractivity contribution in [1.29, 1.82) is 5.26 Å². The van der Waals surface area contributed by atoms with Crippen LogP contribution in [0.2, 0.25) is 0 Å². The number of hydrogen-bond donors (Lipinski definition) is 1. The molecule has 0 bridgehead atoms. The van der Waals surface area contributed by atoms with Gasteiger partial charge < -0.3 is 15.0 Å². The lowest BCUT2D eigenvalue weighted by molar-refractivity contribution is -0.112. The van der Waals surface area contributed by atoms with Crippen molar-refractivity contribution in [3.8, 4) is 11.8 Å². The molecule has 0 saturated carbocycles. The van der Waals surface area contributed by atoms with Crippen molar-refractivity contribution in [3.05, 3.63) is 108 Å². The molecule has 0 aliphatic carbocycles. The van der Waals surface area contributed by atoms with Gasteiger partial charge in [0.25, 0.3) is 5.91 Å². The maximum Gasteiger partial charge on any atom is 0.266 e. The van der Waals surface area contributed by atoms with Gasteiger partial charge in [0.1, 0.15) is 24.0 Å². The van der Waals surface area contributed by atoms with Gasteiger partial charge in [0.15, 0.2) is 0 Å². The van der Waals surface area contributed by atoms with Gasteiger partial charge in [-0.2, -0.15) is 5.26 Å². The molecule has 0 aliphatic heterocycles. The highest BCUT2D eigenvalue weighted by Gasteiger charge is 2.13. The zero-order chi connectivity index (χ0) is 25.3. The van der Waals surface area contributed by atoms with E-state index in [0.29, 0.717) is 12.3 Å². The molecular formula is C31H29N3O2. The van der Waals surface area contributed by atoms with Crippen LogP contribution in [-0.2, 0) is 11.4 Å². The summed E-state index contributed by atoms with van der Waals surface area (Å²) < 4.78 is 6.09. The second-order valence-electron chi connectivity index (χ2n) is 8.32. The quantitative estimate of drug-likeness (QED) is 0.213. The van der Waals surface area contributed by atoms with Crippen molar-refractivity contribution in [2.75, 3.05) is 23.3 Å². The Morgan fingerprint density at radius 2 is 1.56 bits per heavy atom. The fraction of sp³-hybridized carbons (Fsp3) is 0.161.